The van der Waals surface area contributed by atoms with Crippen LogP contribution in [-0.2, 0) is 0 Å². The summed E-state index contributed by atoms with van der Waals surface area (Å²) in [6.45, 7) is 8.40. The molecule has 0 unspecified atom stereocenters. The smallest absolute Gasteiger partial charge is 0.141 e. The molecule has 2 rings (SSSR count). The quantitative estimate of drug-likeness (QED) is 0.920. The van der Waals surface area contributed by atoms with Gasteiger partial charge in [0.2, 0.25) is 0 Å². The molecule has 4 nitrogen and oxygen atoms in total. The standard InChI is InChI=1S/C17H24N4/c1-11(2)15-19-16(18-5)13(4)17(20-15)21(6)14-10-8-7-9-12(14)3/h7-11H,1-6H3,(H,18,19,20). The van der Waals surface area contributed by atoms with Crippen molar-refractivity contribution >= 4 is 17.3 Å². The molecule has 0 bridgehead atoms. The molecule has 0 aliphatic carbocycles. The molecule has 1 heterocycles. The summed E-state index contributed by atoms with van der Waals surface area (Å²) in [5.41, 5.74) is 3.46. The van der Waals surface area contributed by atoms with Crippen molar-refractivity contribution in [1.82, 2.24) is 9.97 Å². The van der Waals surface area contributed by atoms with E-state index in [-0.39, 0.29) is 0 Å². The largest absolute Gasteiger partial charge is 0.373 e. The highest BCUT2D eigenvalue weighted by molar-refractivity contribution is 5.68. The summed E-state index contributed by atoms with van der Waals surface area (Å²) < 4.78 is 0. The van der Waals surface area contributed by atoms with Gasteiger partial charge in [-0.2, -0.15) is 0 Å². The van der Waals surface area contributed by atoms with Crippen molar-refractivity contribution in [3.63, 3.8) is 0 Å². The molecule has 1 aromatic heterocycles. The fourth-order valence-electron chi connectivity index (χ4n) is 2.40. The minimum atomic E-state index is 0.293. The van der Waals surface area contributed by atoms with Crippen LogP contribution in [0.5, 0.6) is 0 Å². The van der Waals surface area contributed by atoms with Crippen molar-refractivity contribution in [2.45, 2.75) is 33.6 Å². The van der Waals surface area contributed by atoms with Crippen LogP contribution >= 0.6 is 0 Å². The SMILES string of the molecule is CNc1nc(C(C)C)nc(N(C)c2ccccc2C)c1C. The Hall–Kier alpha value is -2.10. The van der Waals surface area contributed by atoms with Gasteiger partial charge in [0.1, 0.15) is 17.5 Å². The van der Waals surface area contributed by atoms with Crippen LogP contribution in [0.4, 0.5) is 17.3 Å². The number of aromatic nitrogens is 2. The van der Waals surface area contributed by atoms with Crippen molar-refractivity contribution in [2.75, 3.05) is 24.3 Å². The van der Waals surface area contributed by atoms with Crippen LogP contribution in [0.15, 0.2) is 24.3 Å². The first-order valence-corrected chi connectivity index (χ1v) is 7.31. The molecule has 4 heteroatoms. The van der Waals surface area contributed by atoms with E-state index >= 15 is 0 Å². The third-order valence-corrected chi connectivity index (χ3v) is 3.69. The molecule has 1 aromatic carbocycles. The Morgan fingerprint density at radius 1 is 1.10 bits per heavy atom. The molecule has 0 spiro atoms. The Kier molecular flexibility index (Phi) is 4.46. The van der Waals surface area contributed by atoms with E-state index in [1.807, 2.05) is 7.05 Å². The van der Waals surface area contributed by atoms with Gasteiger partial charge in [0, 0.05) is 31.3 Å². The Labute approximate surface area is 127 Å². The molecule has 0 aliphatic rings. The van der Waals surface area contributed by atoms with E-state index in [4.69, 9.17) is 4.98 Å². The van der Waals surface area contributed by atoms with E-state index in [2.05, 4.69) is 74.2 Å². The van der Waals surface area contributed by atoms with Gasteiger partial charge in [-0.05, 0) is 25.5 Å². The first-order valence-electron chi connectivity index (χ1n) is 7.31. The third-order valence-electron chi connectivity index (χ3n) is 3.69. The van der Waals surface area contributed by atoms with Gasteiger partial charge in [0.25, 0.3) is 0 Å². The lowest BCUT2D eigenvalue weighted by Gasteiger charge is -2.24. The highest BCUT2D eigenvalue weighted by atomic mass is 15.2. The number of para-hydroxylation sites is 1. The van der Waals surface area contributed by atoms with Gasteiger partial charge in [0.05, 0.1) is 0 Å². The predicted molar refractivity (Wildman–Crippen MR) is 89.6 cm³/mol. The summed E-state index contributed by atoms with van der Waals surface area (Å²) in [7, 11) is 3.96. The Bertz CT molecular complexity index is 635. The monoisotopic (exact) mass is 284 g/mol. The van der Waals surface area contributed by atoms with Gasteiger partial charge in [-0.25, -0.2) is 9.97 Å². The highest BCUT2D eigenvalue weighted by Gasteiger charge is 2.17. The van der Waals surface area contributed by atoms with E-state index in [9.17, 15) is 0 Å². The Morgan fingerprint density at radius 2 is 1.76 bits per heavy atom. The van der Waals surface area contributed by atoms with Gasteiger partial charge in [0.15, 0.2) is 0 Å². The molecule has 0 fully saturated rings. The van der Waals surface area contributed by atoms with E-state index in [0.29, 0.717) is 5.92 Å². The van der Waals surface area contributed by atoms with Crippen molar-refractivity contribution in [1.29, 1.82) is 0 Å². The minimum Gasteiger partial charge on any atom is -0.373 e. The molecule has 2 aromatic rings. The molecule has 0 amide bonds. The molecule has 0 aliphatic heterocycles. The summed E-state index contributed by atoms with van der Waals surface area (Å²) in [5, 5.41) is 3.17. The van der Waals surface area contributed by atoms with Crippen LogP contribution in [0, 0.1) is 13.8 Å². The molecule has 112 valence electrons. The second-order valence-corrected chi connectivity index (χ2v) is 5.63. The lowest BCUT2D eigenvalue weighted by molar-refractivity contribution is 0.770. The lowest BCUT2D eigenvalue weighted by atomic mass is 10.1. The number of hydrogen-bond donors (Lipinski definition) is 1. The highest BCUT2D eigenvalue weighted by Crippen LogP contribution is 2.31. The average Bonchev–Trinajstić information content (AvgIpc) is 2.47. The third kappa shape index (κ3) is 2.99. The molecular weight excluding hydrogens is 260 g/mol. The Balaban J connectivity index is 2.57. The second-order valence-electron chi connectivity index (χ2n) is 5.63. The number of benzene rings is 1. The number of anilines is 3. The number of aryl methyl sites for hydroxylation is 1. The summed E-state index contributed by atoms with van der Waals surface area (Å²) >= 11 is 0. The van der Waals surface area contributed by atoms with Crippen molar-refractivity contribution in [3.8, 4) is 0 Å². The number of rotatable bonds is 4. The minimum absolute atomic E-state index is 0.293. The summed E-state index contributed by atoms with van der Waals surface area (Å²) in [4.78, 5) is 11.5. The molecule has 0 saturated carbocycles. The molecule has 0 atom stereocenters. The number of nitrogens with zero attached hydrogens (tertiary/aromatic N) is 3. The van der Waals surface area contributed by atoms with Crippen LogP contribution in [0.1, 0.15) is 36.7 Å². The van der Waals surface area contributed by atoms with Crippen molar-refractivity contribution < 1.29 is 0 Å². The second kappa shape index (κ2) is 6.12. The maximum atomic E-state index is 4.77. The van der Waals surface area contributed by atoms with Crippen LogP contribution in [0.2, 0.25) is 0 Å². The first-order chi connectivity index (χ1) is 9.95. The lowest BCUT2D eigenvalue weighted by Crippen LogP contribution is -2.17. The number of nitrogens with one attached hydrogen (secondary N) is 1. The molecule has 0 saturated heterocycles. The van der Waals surface area contributed by atoms with Crippen LogP contribution < -0.4 is 10.2 Å². The number of hydrogen-bond acceptors (Lipinski definition) is 4. The maximum Gasteiger partial charge on any atom is 0.141 e. The van der Waals surface area contributed by atoms with Gasteiger partial charge in [-0.15, -0.1) is 0 Å². The average molecular weight is 284 g/mol. The van der Waals surface area contributed by atoms with E-state index < -0.39 is 0 Å². The zero-order chi connectivity index (χ0) is 15.6. The van der Waals surface area contributed by atoms with Crippen LogP contribution in [0.25, 0.3) is 0 Å². The maximum absolute atomic E-state index is 4.77. The first kappa shape index (κ1) is 15.3. The zero-order valence-corrected chi connectivity index (χ0v) is 13.7. The molecule has 1 N–H and O–H groups in total. The predicted octanol–water partition coefficient (Wildman–Crippen LogP) is 4.03. The van der Waals surface area contributed by atoms with Crippen LogP contribution in [-0.4, -0.2) is 24.1 Å². The van der Waals surface area contributed by atoms with Crippen LogP contribution in [0.3, 0.4) is 0 Å². The van der Waals surface area contributed by atoms with Gasteiger partial charge >= 0.3 is 0 Å². The zero-order valence-electron chi connectivity index (χ0n) is 13.7. The normalized spacial score (nSPS) is 10.8. The fraction of sp³-hybridized carbons (Fsp3) is 0.412. The van der Waals surface area contributed by atoms with Gasteiger partial charge in [-0.1, -0.05) is 32.0 Å². The van der Waals surface area contributed by atoms with Gasteiger partial charge in [-0.3, -0.25) is 0 Å². The molecule has 21 heavy (non-hydrogen) atoms. The van der Waals surface area contributed by atoms with E-state index in [1.165, 1.54) is 5.56 Å². The Morgan fingerprint density at radius 3 is 2.33 bits per heavy atom. The van der Waals surface area contributed by atoms with Crippen molar-refractivity contribution in [2.24, 2.45) is 0 Å². The van der Waals surface area contributed by atoms with E-state index in [1.54, 1.807) is 0 Å². The summed E-state index contributed by atoms with van der Waals surface area (Å²) in [6.07, 6.45) is 0. The van der Waals surface area contributed by atoms with E-state index in [0.717, 1.165) is 28.7 Å². The van der Waals surface area contributed by atoms with Gasteiger partial charge < -0.3 is 10.2 Å². The molecule has 0 radical (unpaired) electrons. The van der Waals surface area contributed by atoms with Crippen molar-refractivity contribution in [3.05, 3.63) is 41.2 Å². The summed E-state index contributed by atoms with van der Waals surface area (Å²) in [5.74, 6) is 3.00. The fourth-order valence-corrected chi connectivity index (χ4v) is 2.40. The molecular formula is C17H24N4. The topological polar surface area (TPSA) is 41.1 Å². The summed E-state index contributed by atoms with van der Waals surface area (Å²) in [6, 6.07) is 8.34.